The van der Waals surface area contributed by atoms with E-state index in [0.29, 0.717) is 23.1 Å². The number of halogens is 4. The maximum atomic E-state index is 13.4. The van der Waals surface area contributed by atoms with Crippen LogP contribution in [0.5, 0.6) is 5.75 Å². The van der Waals surface area contributed by atoms with Crippen LogP contribution in [0.1, 0.15) is 80.7 Å². The second-order valence-corrected chi connectivity index (χ2v) is 11.3. The Kier molecular flexibility index (Phi) is 13.6. The number of fused-ring (bicyclic) bond motifs is 3. The molecular formula is C32H40ClF3N6O4. The van der Waals surface area contributed by atoms with E-state index >= 15 is 0 Å². The molecule has 1 aliphatic rings. The van der Waals surface area contributed by atoms with Crippen molar-refractivity contribution in [1.29, 1.82) is 0 Å². The lowest BCUT2D eigenvalue weighted by molar-refractivity contribution is -0.192. The van der Waals surface area contributed by atoms with Crippen molar-refractivity contribution in [2.45, 2.75) is 71.0 Å². The minimum atomic E-state index is -5.08. The highest BCUT2D eigenvalue weighted by Gasteiger charge is 2.38. The molecule has 0 radical (unpaired) electrons. The van der Waals surface area contributed by atoms with Crippen molar-refractivity contribution in [3.63, 3.8) is 0 Å². The van der Waals surface area contributed by atoms with Crippen LogP contribution < -0.4 is 15.8 Å². The highest BCUT2D eigenvalue weighted by Crippen LogP contribution is 2.36. The number of rotatable bonds is 13. The number of aliphatic imine (C=N–C) groups is 1. The molecular weight excluding hydrogens is 625 g/mol. The van der Waals surface area contributed by atoms with Crippen LogP contribution in [0.3, 0.4) is 0 Å². The van der Waals surface area contributed by atoms with Crippen LogP contribution in [-0.2, 0) is 9.59 Å². The number of nitrogens with zero attached hydrogens (tertiary/aromatic N) is 4. The molecule has 0 saturated heterocycles. The number of carbonyl (C=O) groups is 2. The molecule has 46 heavy (non-hydrogen) atoms. The number of aromatic nitrogens is 3. The quantitative estimate of drug-likeness (QED) is 0.184. The molecule has 250 valence electrons. The first-order valence-corrected chi connectivity index (χ1v) is 15.5. The largest absolute Gasteiger partial charge is 0.497 e. The molecule has 10 nitrogen and oxygen atoms in total. The number of carboxylic acids is 1. The van der Waals surface area contributed by atoms with Crippen molar-refractivity contribution in [2.24, 2.45) is 16.6 Å². The van der Waals surface area contributed by atoms with Crippen LogP contribution in [0, 0.1) is 12.8 Å². The average molecular weight is 665 g/mol. The predicted molar refractivity (Wildman–Crippen MR) is 170 cm³/mol. The highest BCUT2D eigenvalue weighted by atomic mass is 35.5. The van der Waals surface area contributed by atoms with Crippen molar-refractivity contribution in [2.75, 3.05) is 20.2 Å². The van der Waals surface area contributed by atoms with Crippen molar-refractivity contribution in [3.05, 3.63) is 70.3 Å². The van der Waals surface area contributed by atoms with E-state index in [-0.39, 0.29) is 5.91 Å². The van der Waals surface area contributed by atoms with Gasteiger partial charge in [0.1, 0.15) is 17.6 Å². The Morgan fingerprint density at radius 2 is 1.65 bits per heavy atom. The first kappa shape index (κ1) is 36.5. The lowest BCUT2D eigenvalue weighted by Gasteiger charge is -2.19. The molecule has 2 atom stereocenters. The van der Waals surface area contributed by atoms with Crippen LogP contribution in [0.15, 0.2) is 47.5 Å². The Hall–Kier alpha value is -3.97. The third-order valence-corrected chi connectivity index (χ3v) is 7.76. The number of unbranched alkanes of at least 4 members (excludes halogenated alkanes) is 6. The number of ether oxygens (including phenoxy) is 1. The zero-order chi connectivity index (χ0) is 33.9. The fourth-order valence-electron chi connectivity index (χ4n) is 5.00. The van der Waals surface area contributed by atoms with Crippen LogP contribution in [-0.4, -0.2) is 63.8 Å². The monoisotopic (exact) mass is 664 g/mol. The van der Waals surface area contributed by atoms with Crippen LogP contribution in [0.25, 0.3) is 5.69 Å². The Labute approximate surface area is 271 Å². The summed E-state index contributed by atoms with van der Waals surface area (Å²) in [5, 5.41) is 19.8. The Morgan fingerprint density at radius 3 is 2.24 bits per heavy atom. The number of amides is 1. The number of methoxy groups -OCH3 is 1. The summed E-state index contributed by atoms with van der Waals surface area (Å²) in [5.74, 6) is -1.17. The molecule has 0 aliphatic carbocycles. The zero-order valence-corrected chi connectivity index (χ0v) is 26.9. The highest BCUT2D eigenvalue weighted by molar-refractivity contribution is 6.30. The Bertz CT molecular complexity index is 1490. The molecule has 0 fully saturated rings. The van der Waals surface area contributed by atoms with E-state index in [4.69, 9.17) is 37.0 Å². The molecule has 0 saturated carbocycles. The fraction of sp³-hybridized carbons (Fsp3) is 0.469. The Balaban J connectivity index is 0.000000738. The normalized spacial score (nSPS) is 14.5. The minimum Gasteiger partial charge on any atom is -0.497 e. The van der Waals surface area contributed by atoms with Crippen LogP contribution in [0.4, 0.5) is 13.2 Å². The van der Waals surface area contributed by atoms with E-state index in [1.807, 2.05) is 60.9 Å². The van der Waals surface area contributed by atoms with Crippen LogP contribution >= 0.6 is 11.6 Å². The predicted octanol–water partition coefficient (Wildman–Crippen LogP) is 6.20. The summed E-state index contributed by atoms with van der Waals surface area (Å²) in [6.45, 7) is 5.24. The number of aliphatic carboxylic acids is 1. The third kappa shape index (κ3) is 9.76. The molecule has 3 aromatic rings. The summed E-state index contributed by atoms with van der Waals surface area (Å²) >= 11 is 6.20. The van der Waals surface area contributed by atoms with Gasteiger partial charge in [0.15, 0.2) is 5.82 Å². The molecule has 2 aromatic carbocycles. The van der Waals surface area contributed by atoms with Gasteiger partial charge in [0.2, 0.25) is 5.91 Å². The number of nitrogens with one attached hydrogen (secondary N) is 1. The van der Waals surface area contributed by atoms with E-state index in [1.165, 1.54) is 25.7 Å². The zero-order valence-electron chi connectivity index (χ0n) is 26.1. The molecule has 4 N–H and O–H groups in total. The third-order valence-electron chi connectivity index (χ3n) is 7.51. The summed E-state index contributed by atoms with van der Waals surface area (Å²) in [4.78, 5) is 27.4. The molecule has 1 aromatic heterocycles. The molecule has 0 spiro atoms. The van der Waals surface area contributed by atoms with Crippen LogP contribution in [0.2, 0.25) is 5.02 Å². The van der Waals surface area contributed by atoms with E-state index in [2.05, 4.69) is 15.5 Å². The second kappa shape index (κ2) is 17.1. The second-order valence-electron chi connectivity index (χ2n) is 10.9. The molecule has 1 aliphatic heterocycles. The first-order chi connectivity index (χ1) is 21.9. The van der Waals surface area contributed by atoms with E-state index in [0.717, 1.165) is 54.2 Å². The molecule has 2 heterocycles. The van der Waals surface area contributed by atoms with Gasteiger partial charge in [0, 0.05) is 22.7 Å². The first-order valence-electron chi connectivity index (χ1n) is 15.1. The van der Waals surface area contributed by atoms with Crippen molar-refractivity contribution >= 4 is 29.2 Å². The van der Waals surface area contributed by atoms with Gasteiger partial charge in [-0.3, -0.25) is 14.4 Å². The Morgan fingerprint density at radius 1 is 1.04 bits per heavy atom. The summed E-state index contributed by atoms with van der Waals surface area (Å²) in [5.41, 5.74) is 8.98. The van der Waals surface area contributed by atoms with Gasteiger partial charge >= 0.3 is 12.1 Å². The fourth-order valence-corrected chi connectivity index (χ4v) is 5.13. The summed E-state index contributed by atoms with van der Waals surface area (Å²) in [7, 11) is 1.64. The van der Waals surface area contributed by atoms with Gasteiger partial charge in [0.25, 0.3) is 0 Å². The standard InChI is InChI=1S/C30H39ClN6O2.C2HF3O2/c1-20(30(38)33-18-10-8-6-4-5-7-9-17-32)27-29-36-35-21(2)37(29)26-16-15-24(39-3)19-25(26)28(34-27)22-11-13-23(31)14-12-22;3-2(4,5)1(6)7/h11-16,19-20,27H,4-10,17-18,32H2,1-3H3,(H,33,38);(H,6,7)/t20-,27+;/m1./s1. The van der Waals surface area contributed by atoms with E-state index in [1.54, 1.807) is 7.11 Å². The average Bonchev–Trinajstić information content (AvgIpc) is 3.33. The molecule has 0 bridgehead atoms. The number of alkyl halides is 3. The summed E-state index contributed by atoms with van der Waals surface area (Å²) < 4.78 is 39.3. The number of benzene rings is 2. The van der Waals surface area contributed by atoms with Gasteiger partial charge in [-0.25, -0.2) is 4.79 Å². The van der Waals surface area contributed by atoms with Gasteiger partial charge in [0.05, 0.1) is 24.4 Å². The van der Waals surface area contributed by atoms with E-state index in [9.17, 15) is 18.0 Å². The lowest BCUT2D eigenvalue weighted by Crippen LogP contribution is -2.33. The molecule has 1 amide bonds. The maximum absolute atomic E-state index is 13.4. The SMILES string of the molecule is COc1ccc2c(c1)C(c1ccc(Cl)cc1)=N[C@@H]([C@@H](C)C(=O)NCCCCCCCCCN)c1nnc(C)n1-2.O=C(O)C(F)(F)F. The van der Waals surface area contributed by atoms with Crippen molar-refractivity contribution in [3.8, 4) is 11.4 Å². The van der Waals surface area contributed by atoms with Gasteiger partial charge in [-0.05, 0) is 56.6 Å². The van der Waals surface area contributed by atoms with Crippen molar-refractivity contribution in [1.82, 2.24) is 20.1 Å². The number of aryl methyl sites for hydroxylation is 1. The number of carbonyl (C=O) groups excluding carboxylic acids is 1. The van der Waals surface area contributed by atoms with Gasteiger partial charge in [-0.1, -0.05) is 62.8 Å². The minimum absolute atomic E-state index is 0.0436. The molecule has 14 heteroatoms. The van der Waals surface area contributed by atoms with Gasteiger partial charge in [-0.2, -0.15) is 13.2 Å². The van der Waals surface area contributed by atoms with Gasteiger partial charge < -0.3 is 20.9 Å². The number of hydrogen-bond acceptors (Lipinski definition) is 7. The lowest BCUT2D eigenvalue weighted by atomic mass is 9.98. The summed E-state index contributed by atoms with van der Waals surface area (Å²) in [6.07, 6.45) is 2.90. The topological polar surface area (TPSA) is 145 Å². The smallest absolute Gasteiger partial charge is 0.490 e. The maximum Gasteiger partial charge on any atom is 0.490 e. The molecule has 4 rings (SSSR count). The number of nitrogens with two attached hydrogens (primary N) is 1. The summed E-state index contributed by atoms with van der Waals surface area (Å²) in [6, 6.07) is 12.9. The van der Waals surface area contributed by atoms with E-state index < -0.39 is 24.1 Å². The number of hydrogen-bond donors (Lipinski definition) is 3. The molecule has 0 unspecified atom stereocenters. The van der Waals surface area contributed by atoms with Crippen molar-refractivity contribution < 1.29 is 32.6 Å². The van der Waals surface area contributed by atoms with Gasteiger partial charge in [-0.15, -0.1) is 10.2 Å². The number of carboxylic acid groups (broad SMARTS) is 1.